The predicted octanol–water partition coefficient (Wildman–Crippen LogP) is 0.832. The monoisotopic (exact) mass is 164 g/mol. The third-order valence-corrected chi connectivity index (χ3v) is 2.14. The van der Waals surface area contributed by atoms with Crippen molar-refractivity contribution in [3.05, 3.63) is 23.8 Å². The van der Waals surface area contributed by atoms with Gasteiger partial charge in [0.15, 0.2) is 6.10 Å². The first-order chi connectivity index (χ1) is 5.90. The lowest BCUT2D eigenvalue weighted by molar-refractivity contribution is 0.105. The number of hydrogen-bond acceptors (Lipinski definition) is 3. The summed E-state index contributed by atoms with van der Waals surface area (Å²) in [7, 11) is 0. The van der Waals surface area contributed by atoms with Crippen LogP contribution in [0.15, 0.2) is 29.0 Å². The normalized spacial score (nSPS) is 31.2. The molecule has 0 radical (unpaired) electrons. The first kappa shape index (κ1) is 7.55. The lowest BCUT2D eigenvalue weighted by Crippen LogP contribution is -2.17. The lowest BCUT2D eigenvalue weighted by Gasteiger charge is -2.15. The summed E-state index contributed by atoms with van der Waals surface area (Å²) in [5.74, 6) is 0.339. The molecule has 64 valence electrons. The number of nitrogens with two attached hydrogens (primary N) is 1. The van der Waals surface area contributed by atoms with E-state index >= 15 is 0 Å². The summed E-state index contributed by atoms with van der Waals surface area (Å²) in [5, 5.41) is 3.77. The fraction of sp³-hybridized carbons (Fsp3) is 0.444. The molecular weight excluding hydrogens is 152 g/mol. The van der Waals surface area contributed by atoms with Crippen molar-refractivity contribution >= 4 is 6.21 Å². The van der Waals surface area contributed by atoms with E-state index in [0.29, 0.717) is 12.5 Å². The Bertz CT molecular complexity index is 255. The van der Waals surface area contributed by atoms with Gasteiger partial charge >= 0.3 is 0 Å². The Morgan fingerprint density at radius 2 is 2.50 bits per heavy atom. The Balaban J connectivity index is 2.07. The molecule has 0 aromatic rings. The molecule has 2 N–H and O–H groups in total. The van der Waals surface area contributed by atoms with Crippen LogP contribution in [0.3, 0.4) is 0 Å². The summed E-state index contributed by atoms with van der Waals surface area (Å²) in [6, 6.07) is 0. The van der Waals surface area contributed by atoms with E-state index in [1.807, 2.05) is 6.21 Å². The van der Waals surface area contributed by atoms with E-state index in [-0.39, 0.29) is 6.10 Å². The Morgan fingerprint density at radius 1 is 1.58 bits per heavy atom. The highest BCUT2D eigenvalue weighted by Gasteiger charge is 2.24. The van der Waals surface area contributed by atoms with Crippen molar-refractivity contribution < 1.29 is 4.84 Å². The van der Waals surface area contributed by atoms with E-state index in [1.54, 1.807) is 0 Å². The summed E-state index contributed by atoms with van der Waals surface area (Å²) < 4.78 is 0. The summed E-state index contributed by atoms with van der Waals surface area (Å²) >= 11 is 0. The van der Waals surface area contributed by atoms with Gasteiger partial charge in [0.2, 0.25) is 0 Å². The Hall–Kier alpha value is -1.09. The van der Waals surface area contributed by atoms with E-state index in [2.05, 4.69) is 23.4 Å². The van der Waals surface area contributed by atoms with Gasteiger partial charge in [0.25, 0.3) is 0 Å². The first-order valence-corrected chi connectivity index (χ1v) is 4.18. The molecule has 0 amide bonds. The fourth-order valence-electron chi connectivity index (χ4n) is 1.47. The second-order valence-corrected chi connectivity index (χ2v) is 3.04. The van der Waals surface area contributed by atoms with Crippen molar-refractivity contribution in [2.45, 2.75) is 12.5 Å². The molecule has 2 aliphatic rings. The SMILES string of the molecule is NCCC1=CC2ON=CC2C=C1. The van der Waals surface area contributed by atoms with Crippen LogP contribution in [0, 0.1) is 5.92 Å². The number of hydrogen-bond donors (Lipinski definition) is 1. The zero-order chi connectivity index (χ0) is 8.39. The minimum atomic E-state index is 0.122. The lowest BCUT2D eigenvalue weighted by atomic mass is 9.94. The standard InChI is InChI=1S/C9H12N2O/c10-4-3-7-1-2-8-6-11-12-9(8)5-7/h1-2,5-6,8-9H,3-4,10H2. The number of allylic oxidation sites excluding steroid dienone is 1. The van der Waals surface area contributed by atoms with E-state index in [9.17, 15) is 0 Å². The Labute approximate surface area is 71.6 Å². The van der Waals surface area contributed by atoms with E-state index in [0.717, 1.165) is 6.42 Å². The van der Waals surface area contributed by atoms with Crippen molar-refractivity contribution in [3.63, 3.8) is 0 Å². The van der Waals surface area contributed by atoms with E-state index in [4.69, 9.17) is 10.6 Å². The third-order valence-electron chi connectivity index (χ3n) is 2.14. The average molecular weight is 164 g/mol. The molecule has 1 aliphatic carbocycles. The van der Waals surface area contributed by atoms with Crippen molar-refractivity contribution in [2.75, 3.05) is 6.54 Å². The van der Waals surface area contributed by atoms with Crippen molar-refractivity contribution in [1.29, 1.82) is 0 Å². The molecule has 1 aliphatic heterocycles. The maximum atomic E-state index is 5.45. The molecule has 2 atom stereocenters. The second-order valence-electron chi connectivity index (χ2n) is 3.04. The molecule has 3 heteroatoms. The minimum Gasteiger partial charge on any atom is -0.388 e. The molecule has 0 aromatic carbocycles. The maximum Gasteiger partial charge on any atom is 0.157 e. The Kier molecular flexibility index (Phi) is 1.96. The molecule has 0 bridgehead atoms. The van der Waals surface area contributed by atoms with Crippen molar-refractivity contribution in [3.8, 4) is 0 Å². The van der Waals surface area contributed by atoms with Crippen LogP contribution >= 0.6 is 0 Å². The van der Waals surface area contributed by atoms with Gasteiger partial charge in [-0.25, -0.2) is 0 Å². The molecule has 3 nitrogen and oxygen atoms in total. The summed E-state index contributed by atoms with van der Waals surface area (Å²) in [6.45, 7) is 0.689. The van der Waals surface area contributed by atoms with Gasteiger partial charge in [-0.15, -0.1) is 0 Å². The van der Waals surface area contributed by atoms with Crippen LogP contribution < -0.4 is 5.73 Å². The van der Waals surface area contributed by atoms with Gasteiger partial charge in [0.1, 0.15) is 0 Å². The van der Waals surface area contributed by atoms with E-state index < -0.39 is 0 Å². The molecule has 0 fully saturated rings. The topological polar surface area (TPSA) is 47.6 Å². The van der Waals surface area contributed by atoms with Crippen LogP contribution in [-0.4, -0.2) is 18.9 Å². The predicted molar refractivity (Wildman–Crippen MR) is 47.7 cm³/mol. The molecular formula is C9H12N2O. The summed E-state index contributed by atoms with van der Waals surface area (Å²) in [4.78, 5) is 5.13. The van der Waals surface area contributed by atoms with Gasteiger partial charge in [-0.2, -0.15) is 0 Å². The number of oxime groups is 1. The van der Waals surface area contributed by atoms with Gasteiger partial charge in [-0.05, 0) is 24.6 Å². The van der Waals surface area contributed by atoms with Gasteiger partial charge in [0, 0.05) is 0 Å². The Morgan fingerprint density at radius 3 is 3.33 bits per heavy atom. The fourth-order valence-corrected chi connectivity index (χ4v) is 1.47. The highest BCUT2D eigenvalue weighted by Crippen LogP contribution is 2.23. The third kappa shape index (κ3) is 1.28. The number of fused-ring (bicyclic) bond motifs is 1. The van der Waals surface area contributed by atoms with E-state index in [1.165, 1.54) is 5.57 Å². The second kappa shape index (κ2) is 3.11. The molecule has 0 aromatic heterocycles. The molecule has 1 heterocycles. The molecule has 0 saturated carbocycles. The summed E-state index contributed by atoms with van der Waals surface area (Å²) in [5.41, 5.74) is 6.70. The van der Waals surface area contributed by atoms with Gasteiger partial charge in [-0.3, -0.25) is 0 Å². The van der Waals surface area contributed by atoms with Crippen LogP contribution in [0.1, 0.15) is 6.42 Å². The highest BCUT2D eigenvalue weighted by atomic mass is 16.6. The van der Waals surface area contributed by atoms with Crippen molar-refractivity contribution in [1.82, 2.24) is 0 Å². The maximum absolute atomic E-state index is 5.45. The van der Waals surface area contributed by atoms with Crippen molar-refractivity contribution in [2.24, 2.45) is 16.8 Å². The average Bonchev–Trinajstić information content (AvgIpc) is 2.51. The van der Waals surface area contributed by atoms with Gasteiger partial charge in [0.05, 0.1) is 12.1 Å². The smallest absolute Gasteiger partial charge is 0.157 e. The van der Waals surface area contributed by atoms with Gasteiger partial charge < -0.3 is 10.6 Å². The first-order valence-electron chi connectivity index (χ1n) is 4.18. The van der Waals surface area contributed by atoms with Gasteiger partial charge in [-0.1, -0.05) is 17.3 Å². The summed E-state index contributed by atoms with van der Waals surface area (Å²) in [6.07, 6.45) is 9.20. The van der Waals surface area contributed by atoms with Crippen LogP contribution in [0.5, 0.6) is 0 Å². The molecule has 12 heavy (non-hydrogen) atoms. The largest absolute Gasteiger partial charge is 0.388 e. The van der Waals surface area contributed by atoms with Crippen LogP contribution in [0.25, 0.3) is 0 Å². The zero-order valence-corrected chi connectivity index (χ0v) is 6.81. The number of nitrogens with zero attached hydrogens (tertiary/aromatic N) is 1. The highest BCUT2D eigenvalue weighted by molar-refractivity contribution is 5.67. The molecule has 0 saturated heterocycles. The quantitative estimate of drug-likeness (QED) is 0.657. The van der Waals surface area contributed by atoms with Crippen LogP contribution in [0.2, 0.25) is 0 Å². The molecule has 2 unspecified atom stereocenters. The minimum absolute atomic E-state index is 0.122. The van der Waals surface area contributed by atoms with Crippen LogP contribution in [-0.2, 0) is 4.84 Å². The number of rotatable bonds is 2. The zero-order valence-electron chi connectivity index (χ0n) is 6.81. The van der Waals surface area contributed by atoms with Crippen LogP contribution in [0.4, 0.5) is 0 Å². The molecule has 2 rings (SSSR count). The molecule has 0 spiro atoms.